The quantitative estimate of drug-likeness (QED) is 0.396. The van der Waals surface area contributed by atoms with Crippen LogP contribution in [0.5, 0.6) is 0 Å². The standard InChI is InChI=1S/C29H42F2/c1-2-3-21-6-12-24(13-7-21)25-14-8-22(9-15-25)4-5-23-10-16-26(17-11-23)27-18-19-28(30)29(31)20-27/h4-5,18-26H,2-3,6-17H2,1H3/t21-,22-,23-,24-,25-,26-. The molecule has 0 bridgehead atoms. The van der Waals surface area contributed by atoms with Crippen molar-refractivity contribution in [1.29, 1.82) is 0 Å². The second kappa shape index (κ2) is 11.1. The summed E-state index contributed by atoms with van der Waals surface area (Å²) in [7, 11) is 0. The molecule has 0 radical (unpaired) electrons. The van der Waals surface area contributed by atoms with Gasteiger partial charge in [0.05, 0.1) is 0 Å². The molecular weight excluding hydrogens is 386 g/mol. The van der Waals surface area contributed by atoms with Crippen molar-refractivity contribution in [2.24, 2.45) is 29.6 Å². The highest BCUT2D eigenvalue weighted by Gasteiger charge is 2.30. The molecule has 0 heterocycles. The third-order valence-corrected chi connectivity index (χ3v) is 8.91. The summed E-state index contributed by atoms with van der Waals surface area (Å²) < 4.78 is 26.7. The Hall–Kier alpha value is -1.18. The van der Waals surface area contributed by atoms with Gasteiger partial charge in [0.2, 0.25) is 0 Å². The third kappa shape index (κ3) is 6.20. The number of benzene rings is 1. The van der Waals surface area contributed by atoms with E-state index in [-0.39, 0.29) is 0 Å². The predicted molar refractivity (Wildman–Crippen MR) is 126 cm³/mol. The number of rotatable bonds is 6. The first-order chi connectivity index (χ1) is 15.1. The van der Waals surface area contributed by atoms with Crippen LogP contribution in [0, 0.1) is 41.2 Å². The van der Waals surface area contributed by atoms with Gasteiger partial charge < -0.3 is 0 Å². The summed E-state index contributed by atoms with van der Waals surface area (Å²) in [5.41, 5.74) is 0.975. The minimum atomic E-state index is -0.737. The number of hydrogen-bond donors (Lipinski definition) is 0. The maximum atomic E-state index is 13.5. The minimum absolute atomic E-state index is 0.391. The number of allylic oxidation sites excluding steroid dienone is 2. The van der Waals surface area contributed by atoms with Crippen LogP contribution in [-0.2, 0) is 0 Å². The van der Waals surface area contributed by atoms with E-state index in [4.69, 9.17) is 0 Å². The molecule has 1 aromatic rings. The van der Waals surface area contributed by atoms with Crippen molar-refractivity contribution in [2.75, 3.05) is 0 Å². The molecule has 0 spiro atoms. The molecule has 3 aliphatic rings. The van der Waals surface area contributed by atoms with Crippen LogP contribution in [0.4, 0.5) is 8.78 Å². The molecule has 0 aromatic heterocycles. The fourth-order valence-electron chi connectivity index (χ4n) is 6.89. The highest BCUT2D eigenvalue weighted by Crippen LogP contribution is 2.43. The highest BCUT2D eigenvalue weighted by molar-refractivity contribution is 5.22. The number of halogens is 2. The van der Waals surface area contributed by atoms with Gasteiger partial charge in [-0.15, -0.1) is 0 Å². The first-order valence-corrected chi connectivity index (χ1v) is 13.3. The Morgan fingerprint density at radius 1 is 0.710 bits per heavy atom. The van der Waals surface area contributed by atoms with Crippen molar-refractivity contribution < 1.29 is 8.78 Å². The van der Waals surface area contributed by atoms with E-state index in [0.717, 1.165) is 42.1 Å². The zero-order valence-electron chi connectivity index (χ0n) is 19.5. The van der Waals surface area contributed by atoms with Crippen LogP contribution in [0.25, 0.3) is 0 Å². The molecule has 4 rings (SSSR count). The minimum Gasteiger partial charge on any atom is -0.204 e. The van der Waals surface area contributed by atoms with E-state index in [1.807, 2.05) is 0 Å². The summed E-state index contributed by atoms with van der Waals surface area (Å²) in [4.78, 5) is 0. The molecule has 1 aromatic carbocycles. The van der Waals surface area contributed by atoms with Crippen LogP contribution >= 0.6 is 0 Å². The molecule has 0 nitrogen and oxygen atoms in total. The lowest BCUT2D eigenvalue weighted by Gasteiger charge is -2.37. The van der Waals surface area contributed by atoms with Crippen molar-refractivity contribution in [3.63, 3.8) is 0 Å². The Kier molecular flexibility index (Phi) is 8.24. The Balaban J connectivity index is 1.17. The van der Waals surface area contributed by atoms with Crippen LogP contribution in [0.1, 0.15) is 108 Å². The van der Waals surface area contributed by atoms with Crippen molar-refractivity contribution in [1.82, 2.24) is 0 Å². The summed E-state index contributed by atoms with van der Waals surface area (Å²) >= 11 is 0. The fourth-order valence-corrected chi connectivity index (χ4v) is 6.89. The van der Waals surface area contributed by atoms with E-state index in [9.17, 15) is 8.78 Å². The molecule has 0 N–H and O–H groups in total. The molecule has 31 heavy (non-hydrogen) atoms. The lowest BCUT2D eigenvalue weighted by molar-refractivity contribution is 0.152. The summed E-state index contributed by atoms with van der Waals surface area (Å²) in [6, 6.07) is 4.46. The van der Waals surface area contributed by atoms with Gasteiger partial charge in [0.15, 0.2) is 11.6 Å². The van der Waals surface area contributed by atoms with Gasteiger partial charge in [-0.1, -0.05) is 50.8 Å². The Labute approximate surface area is 188 Å². The van der Waals surface area contributed by atoms with Crippen molar-refractivity contribution >= 4 is 0 Å². The largest absolute Gasteiger partial charge is 0.204 e. The Morgan fingerprint density at radius 2 is 1.26 bits per heavy atom. The molecule has 0 unspecified atom stereocenters. The zero-order chi connectivity index (χ0) is 21.6. The molecule has 3 saturated carbocycles. The van der Waals surface area contributed by atoms with E-state index < -0.39 is 11.6 Å². The smallest absolute Gasteiger partial charge is 0.159 e. The molecule has 0 saturated heterocycles. The predicted octanol–water partition coefficient (Wildman–Crippen LogP) is 9.21. The zero-order valence-corrected chi connectivity index (χ0v) is 19.5. The van der Waals surface area contributed by atoms with Crippen LogP contribution < -0.4 is 0 Å². The van der Waals surface area contributed by atoms with Crippen LogP contribution in [0.2, 0.25) is 0 Å². The maximum absolute atomic E-state index is 13.5. The van der Waals surface area contributed by atoms with E-state index >= 15 is 0 Å². The summed E-state index contributed by atoms with van der Waals surface area (Å²) in [5, 5.41) is 0. The molecular formula is C29H42F2. The molecule has 172 valence electrons. The van der Waals surface area contributed by atoms with Gasteiger partial charge in [-0.2, -0.15) is 0 Å². The first kappa shape index (κ1) is 23.0. The van der Waals surface area contributed by atoms with E-state index in [1.165, 1.54) is 89.2 Å². The van der Waals surface area contributed by atoms with Crippen molar-refractivity contribution in [3.05, 3.63) is 47.5 Å². The van der Waals surface area contributed by atoms with Gasteiger partial charge in [-0.3, -0.25) is 0 Å². The second-order valence-electron chi connectivity index (χ2n) is 10.9. The summed E-state index contributed by atoms with van der Waals surface area (Å²) in [6.45, 7) is 2.33. The summed E-state index contributed by atoms with van der Waals surface area (Å²) in [6.07, 6.45) is 24.0. The molecule has 0 atom stereocenters. The topological polar surface area (TPSA) is 0 Å². The molecule has 0 aliphatic heterocycles. The van der Waals surface area contributed by atoms with E-state index in [0.29, 0.717) is 11.8 Å². The highest BCUT2D eigenvalue weighted by atomic mass is 19.2. The third-order valence-electron chi connectivity index (χ3n) is 8.91. The number of hydrogen-bond acceptors (Lipinski definition) is 0. The first-order valence-electron chi connectivity index (χ1n) is 13.3. The van der Waals surface area contributed by atoms with Gasteiger partial charge in [0.25, 0.3) is 0 Å². The summed E-state index contributed by atoms with van der Waals surface area (Å²) in [5.74, 6) is 3.46. The molecule has 2 heteroatoms. The normalized spacial score (nSPS) is 34.8. The lowest BCUT2D eigenvalue weighted by atomic mass is 9.68. The SMILES string of the molecule is CCC[C@H]1CC[C@H]([C@H]2CC[C@H](C=C[C@H]3CC[C@H](c4ccc(F)c(F)c4)CC3)CC2)CC1. The van der Waals surface area contributed by atoms with Crippen LogP contribution in [0.15, 0.2) is 30.4 Å². The van der Waals surface area contributed by atoms with E-state index in [1.54, 1.807) is 6.07 Å². The lowest BCUT2D eigenvalue weighted by Crippen LogP contribution is -2.25. The Morgan fingerprint density at radius 3 is 1.81 bits per heavy atom. The average molecular weight is 429 g/mol. The monoisotopic (exact) mass is 428 g/mol. The van der Waals surface area contributed by atoms with Gasteiger partial charge in [-0.05, 0) is 117 Å². The van der Waals surface area contributed by atoms with E-state index in [2.05, 4.69) is 19.1 Å². The van der Waals surface area contributed by atoms with Gasteiger partial charge in [0, 0.05) is 0 Å². The van der Waals surface area contributed by atoms with Crippen LogP contribution in [-0.4, -0.2) is 0 Å². The molecule has 3 aliphatic carbocycles. The van der Waals surface area contributed by atoms with Crippen LogP contribution in [0.3, 0.4) is 0 Å². The van der Waals surface area contributed by atoms with Gasteiger partial charge in [0.1, 0.15) is 0 Å². The second-order valence-corrected chi connectivity index (χ2v) is 10.9. The van der Waals surface area contributed by atoms with Gasteiger partial charge >= 0.3 is 0 Å². The average Bonchev–Trinajstić information content (AvgIpc) is 2.81. The van der Waals surface area contributed by atoms with Gasteiger partial charge in [-0.25, -0.2) is 8.78 Å². The molecule has 3 fully saturated rings. The molecule has 0 amide bonds. The van der Waals surface area contributed by atoms with Crippen molar-refractivity contribution in [3.8, 4) is 0 Å². The maximum Gasteiger partial charge on any atom is 0.159 e. The van der Waals surface area contributed by atoms with Crippen molar-refractivity contribution in [2.45, 2.75) is 103 Å². The Bertz CT molecular complexity index is 699. The fraction of sp³-hybridized carbons (Fsp3) is 0.724.